The van der Waals surface area contributed by atoms with Gasteiger partial charge in [0.05, 0.1) is 17.8 Å². The Hall–Kier alpha value is -2.13. The van der Waals surface area contributed by atoms with E-state index in [1.807, 2.05) is 48.5 Å². The molecule has 3 aromatic rings. The van der Waals surface area contributed by atoms with Crippen molar-refractivity contribution in [3.05, 3.63) is 65.6 Å². The van der Waals surface area contributed by atoms with Crippen molar-refractivity contribution in [3.8, 4) is 0 Å². The second-order valence-electron chi connectivity index (χ2n) is 4.20. The van der Waals surface area contributed by atoms with Gasteiger partial charge in [0.25, 0.3) is 0 Å². The normalized spacial score (nSPS) is 10.6. The topological polar surface area (TPSA) is 37.8 Å². The van der Waals surface area contributed by atoms with Gasteiger partial charge >= 0.3 is 0 Å². The summed E-state index contributed by atoms with van der Waals surface area (Å²) in [5.74, 6) is 0. The molecule has 4 heteroatoms. The molecule has 0 saturated carbocycles. The van der Waals surface area contributed by atoms with Gasteiger partial charge in [-0.15, -0.1) is 0 Å². The molecule has 94 valence electrons. The van der Waals surface area contributed by atoms with Crippen LogP contribution in [0, 0.1) is 0 Å². The van der Waals surface area contributed by atoms with Crippen molar-refractivity contribution in [1.82, 2.24) is 9.97 Å². The van der Waals surface area contributed by atoms with E-state index in [0.29, 0.717) is 11.6 Å². The molecule has 0 aliphatic heterocycles. The summed E-state index contributed by atoms with van der Waals surface area (Å²) in [5.41, 5.74) is 2.91. The number of rotatable bonds is 3. The summed E-state index contributed by atoms with van der Waals surface area (Å²) in [7, 11) is 0. The summed E-state index contributed by atoms with van der Waals surface area (Å²) in [4.78, 5) is 8.57. The van der Waals surface area contributed by atoms with Crippen molar-refractivity contribution in [2.45, 2.75) is 6.54 Å². The predicted octanol–water partition coefficient (Wildman–Crippen LogP) is 3.90. The average molecular weight is 270 g/mol. The standard InChI is InChI=1S/C15H12ClN3/c16-11-6-7-14-13(8-11)15(19-10-18-14)9-17-12-4-2-1-3-5-12/h1-8,10,17H,9H2. The van der Waals surface area contributed by atoms with Crippen LogP contribution in [0.25, 0.3) is 10.9 Å². The number of nitrogens with zero attached hydrogens (tertiary/aromatic N) is 2. The van der Waals surface area contributed by atoms with Crippen LogP contribution in [0.1, 0.15) is 5.69 Å². The lowest BCUT2D eigenvalue weighted by atomic mass is 10.2. The molecule has 0 aliphatic carbocycles. The quantitative estimate of drug-likeness (QED) is 0.784. The summed E-state index contributed by atoms with van der Waals surface area (Å²) < 4.78 is 0. The summed E-state index contributed by atoms with van der Waals surface area (Å²) in [6.45, 7) is 0.642. The van der Waals surface area contributed by atoms with Crippen LogP contribution in [0.5, 0.6) is 0 Å². The lowest BCUT2D eigenvalue weighted by molar-refractivity contribution is 1.04. The molecule has 0 radical (unpaired) electrons. The highest BCUT2D eigenvalue weighted by atomic mass is 35.5. The van der Waals surface area contributed by atoms with Gasteiger partial charge in [0.2, 0.25) is 0 Å². The molecule has 0 bridgehead atoms. The van der Waals surface area contributed by atoms with Crippen molar-refractivity contribution in [2.24, 2.45) is 0 Å². The molecule has 0 atom stereocenters. The summed E-state index contributed by atoms with van der Waals surface area (Å²) in [5, 5.41) is 5.02. The third-order valence-electron chi connectivity index (χ3n) is 2.91. The smallest absolute Gasteiger partial charge is 0.116 e. The molecule has 0 amide bonds. The Labute approximate surface area is 116 Å². The number of benzene rings is 2. The van der Waals surface area contributed by atoms with Crippen LogP contribution < -0.4 is 5.32 Å². The average Bonchev–Trinajstić information content (AvgIpc) is 2.46. The molecular formula is C15H12ClN3. The number of anilines is 1. The fourth-order valence-electron chi connectivity index (χ4n) is 1.96. The van der Waals surface area contributed by atoms with Gasteiger partial charge in [0.15, 0.2) is 0 Å². The van der Waals surface area contributed by atoms with Gasteiger partial charge < -0.3 is 5.32 Å². The van der Waals surface area contributed by atoms with Crippen LogP contribution in [-0.2, 0) is 6.54 Å². The maximum atomic E-state index is 6.03. The lowest BCUT2D eigenvalue weighted by Crippen LogP contribution is -2.02. The molecule has 0 saturated heterocycles. The Morgan fingerprint density at radius 2 is 1.84 bits per heavy atom. The first kappa shape index (κ1) is 11.9. The molecule has 19 heavy (non-hydrogen) atoms. The Morgan fingerprint density at radius 3 is 2.68 bits per heavy atom. The van der Waals surface area contributed by atoms with E-state index < -0.39 is 0 Å². The first-order valence-corrected chi connectivity index (χ1v) is 6.39. The Balaban J connectivity index is 1.90. The molecule has 0 fully saturated rings. The summed E-state index contributed by atoms with van der Waals surface area (Å²) in [6, 6.07) is 15.7. The van der Waals surface area contributed by atoms with E-state index in [2.05, 4.69) is 15.3 Å². The van der Waals surface area contributed by atoms with E-state index >= 15 is 0 Å². The number of halogens is 1. The van der Waals surface area contributed by atoms with Gasteiger partial charge in [0, 0.05) is 16.1 Å². The van der Waals surface area contributed by atoms with E-state index in [9.17, 15) is 0 Å². The third kappa shape index (κ3) is 2.66. The van der Waals surface area contributed by atoms with Crippen molar-refractivity contribution in [1.29, 1.82) is 0 Å². The van der Waals surface area contributed by atoms with Gasteiger partial charge in [-0.05, 0) is 30.3 Å². The molecule has 0 unspecified atom stereocenters. The van der Waals surface area contributed by atoms with E-state index in [-0.39, 0.29) is 0 Å². The van der Waals surface area contributed by atoms with Gasteiger partial charge in [0.1, 0.15) is 6.33 Å². The van der Waals surface area contributed by atoms with Crippen molar-refractivity contribution >= 4 is 28.2 Å². The Morgan fingerprint density at radius 1 is 1.00 bits per heavy atom. The van der Waals surface area contributed by atoms with E-state index in [0.717, 1.165) is 22.3 Å². The first-order valence-electron chi connectivity index (χ1n) is 6.01. The van der Waals surface area contributed by atoms with Gasteiger partial charge in [-0.2, -0.15) is 0 Å². The largest absolute Gasteiger partial charge is 0.379 e. The molecule has 3 nitrogen and oxygen atoms in total. The maximum Gasteiger partial charge on any atom is 0.116 e. The highest BCUT2D eigenvalue weighted by molar-refractivity contribution is 6.31. The third-order valence-corrected chi connectivity index (χ3v) is 3.15. The first-order chi connectivity index (χ1) is 9.33. The maximum absolute atomic E-state index is 6.03. The summed E-state index contributed by atoms with van der Waals surface area (Å²) >= 11 is 6.03. The van der Waals surface area contributed by atoms with Crippen LogP contribution in [0.3, 0.4) is 0 Å². The van der Waals surface area contributed by atoms with Gasteiger partial charge in [-0.1, -0.05) is 29.8 Å². The molecule has 1 N–H and O–H groups in total. The highest BCUT2D eigenvalue weighted by Gasteiger charge is 2.04. The number of nitrogens with one attached hydrogen (secondary N) is 1. The Kier molecular flexibility index (Phi) is 3.29. The minimum atomic E-state index is 0.642. The second kappa shape index (κ2) is 5.24. The second-order valence-corrected chi connectivity index (χ2v) is 4.64. The fraction of sp³-hybridized carbons (Fsp3) is 0.0667. The minimum absolute atomic E-state index is 0.642. The fourth-order valence-corrected chi connectivity index (χ4v) is 2.14. The molecule has 3 rings (SSSR count). The van der Waals surface area contributed by atoms with E-state index in [1.165, 1.54) is 0 Å². The number of fused-ring (bicyclic) bond motifs is 1. The number of aromatic nitrogens is 2. The summed E-state index contributed by atoms with van der Waals surface area (Å²) in [6.07, 6.45) is 1.58. The number of hydrogen-bond acceptors (Lipinski definition) is 3. The molecule has 1 heterocycles. The zero-order valence-electron chi connectivity index (χ0n) is 10.2. The molecule has 0 aliphatic rings. The predicted molar refractivity (Wildman–Crippen MR) is 78.3 cm³/mol. The zero-order chi connectivity index (χ0) is 13.1. The van der Waals surface area contributed by atoms with Crippen molar-refractivity contribution in [3.63, 3.8) is 0 Å². The zero-order valence-corrected chi connectivity index (χ0v) is 10.9. The Bertz CT molecular complexity index is 698. The number of hydrogen-bond donors (Lipinski definition) is 1. The lowest BCUT2D eigenvalue weighted by Gasteiger charge is -2.08. The van der Waals surface area contributed by atoms with Crippen LogP contribution in [0.4, 0.5) is 5.69 Å². The van der Waals surface area contributed by atoms with E-state index in [1.54, 1.807) is 6.33 Å². The highest BCUT2D eigenvalue weighted by Crippen LogP contribution is 2.20. The van der Waals surface area contributed by atoms with Gasteiger partial charge in [-0.3, -0.25) is 0 Å². The molecule has 1 aromatic heterocycles. The van der Waals surface area contributed by atoms with Crippen LogP contribution in [-0.4, -0.2) is 9.97 Å². The molecule has 2 aromatic carbocycles. The van der Waals surface area contributed by atoms with Crippen LogP contribution >= 0.6 is 11.6 Å². The molecule has 0 spiro atoms. The molecular weight excluding hydrogens is 258 g/mol. The van der Waals surface area contributed by atoms with Crippen molar-refractivity contribution < 1.29 is 0 Å². The van der Waals surface area contributed by atoms with Crippen molar-refractivity contribution in [2.75, 3.05) is 5.32 Å². The van der Waals surface area contributed by atoms with Gasteiger partial charge in [-0.25, -0.2) is 9.97 Å². The SMILES string of the molecule is Clc1ccc2ncnc(CNc3ccccc3)c2c1. The van der Waals surface area contributed by atoms with Crippen LogP contribution in [0.15, 0.2) is 54.9 Å². The number of para-hydroxylation sites is 1. The monoisotopic (exact) mass is 269 g/mol. The minimum Gasteiger partial charge on any atom is -0.379 e. The van der Waals surface area contributed by atoms with Crippen LogP contribution in [0.2, 0.25) is 5.02 Å². The van der Waals surface area contributed by atoms with E-state index in [4.69, 9.17) is 11.6 Å².